The lowest BCUT2D eigenvalue weighted by molar-refractivity contribution is 0.363. The summed E-state index contributed by atoms with van der Waals surface area (Å²) in [5.74, 6) is 1.92. The van der Waals surface area contributed by atoms with Crippen LogP contribution in [0.15, 0.2) is 0 Å². The zero-order valence-electron chi connectivity index (χ0n) is 11.1. The van der Waals surface area contributed by atoms with Crippen molar-refractivity contribution in [1.29, 1.82) is 0 Å². The average Bonchev–Trinajstić information content (AvgIpc) is 2.32. The van der Waals surface area contributed by atoms with Crippen LogP contribution in [0.5, 0.6) is 0 Å². The first-order valence-electron chi connectivity index (χ1n) is 6.01. The highest BCUT2D eigenvalue weighted by atomic mass is 14.4. The maximum Gasteiger partial charge on any atom is -0.0349 e. The van der Waals surface area contributed by atoms with Gasteiger partial charge in [-0.2, -0.15) is 0 Å². The topological polar surface area (TPSA) is 0 Å². The van der Waals surface area contributed by atoms with Gasteiger partial charge in [0, 0.05) is 0 Å². The maximum absolute atomic E-state index is 2.38. The number of rotatable bonds is 0. The second-order valence-electron chi connectivity index (χ2n) is 4.53. The normalized spacial score (nSPS) is 29.5. The van der Waals surface area contributed by atoms with Crippen LogP contribution in [0.3, 0.4) is 0 Å². The van der Waals surface area contributed by atoms with E-state index in [1.807, 2.05) is 27.7 Å². The van der Waals surface area contributed by atoms with Crippen molar-refractivity contribution in [2.75, 3.05) is 0 Å². The standard InChI is InChI=1S/C9H18.2C2H6/c1-7-5-9(3,4)6-8(7)2;2*1-2/h7-8H,5-6H2,1-4H3;2*1-2H3. The largest absolute Gasteiger partial charge is 0.0683 e. The summed E-state index contributed by atoms with van der Waals surface area (Å²) in [4.78, 5) is 0. The highest BCUT2D eigenvalue weighted by molar-refractivity contribution is 4.84. The molecule has 0 aromatic carbocycles. The Morgan fingerprint density at radius 1 is 0.769 bits per heavy atom. The molecule has 2 atom stereocenters. The molecular weight excluding hydrogens is 156 g/mol. The molecule has 1 fully saturated rings. The predicted octanol–water partition coefficient (Wildman–Crippen LogP) is 5.13. The quantitative estimate of drug-likeness (QED) is 0.492. The van der Waals surface area contributed by atoms with Crippen LogP contribution in [-0.4, -0.2) is 0 Å². The van der Waals surface area contributed by atoms with Crippen molar-refractivity contribution in [2.24, 2.45) is 17.3 Å². The summed E-state index contributed by atoms with van der Waals surface area (Å²) in [7, 11) is 0. The third-order valence-electron chi connectivity index (χ3n) is 2.72. The van der Waals surface area contributed by atoms with Gasteiger partial charge >= 0.3 is 0 Å². The summed E-state index contributed by atoms with van der Waals surface area (Å²) in [6, 6.07) is 0. The smallest absolute Gasteiger partial charge is 0.0349 e. The molecule has 0 aliphatic heterocycles. The van der Waals surface area contributed by atoms with Crippen molar-refractivity contribution in [1.82, 2.24) is 0 Å². The lowest BCUT2D eigenvalue weighted by Crippen LogP contribution is -2.03. The monoisotopic (exact) mass is 186 g/mol. The van der Waals surface area contributed by atoms with Crippen LogP contribution in [0, 0.1) is 17.3 Å². The molecule has 0 amide bonds. The van der Waals surface area contributed by atoms with Crippen molar-refractivity contribution in [3.05, 3.63) is 0 Å². The summed E-state index contributed by atoms with van der Waals surface area (Å²) in [5.41, 5.74) is 0.638. The van der Waals surface area contributed by atoms with Crippen LogP contribution < -0.4 is 0 Å². The Morgan fingerprint density at radius 2 is 1.00 bits per heavy atom. The Bertz CT molecular complexity index is 90.6. The fourth-order valence-corrected chi connectivity index (χ4v) is 2.23. The maximum atomic E-state index is 2.38. The van der Waals surface area contributed by atoms with Crippen LogP contribution in [0.2, 0.25) is 0 Å². The van der Waals surface area contributed by atoms with Crippen molar-refractivity contribution in [3.63, 3.8) is 0 Å². The Kier molecular flexibility index (Phi) is 8.82. The van der Waals surface area contributed by atoms with Crippen molar-refractivity contribution in [2.45, 2.75) is 68.2 Å². The zero-order chi connectivity index (χ0) is 11.1. The second kappa shape index (κ2) is 7.41. The SMILES string of the molecule is CC.CC.CC1CC(C)(C)CC1C. The number of hydrogen-bond acceptors (Lipinski definition) is 0. The fourth-order valence-electron chi connectivity index (χ4n) is 2.23. The molecule has 0 nitrogen and oxygen atoms in total. The second-order valence-corrected chi connectivity index (χ2v) is 4.53. The van der Waals surface area contributed by atoms with Gasteiger partial charge in [-0.05, 0) is 30.1 Å². The lowest BCUT2D eigenvalue weighted by Gasteiger charge is -2.15. The van der Waals surface area contributed by atoms with E-state index in [1.54, 1.807) is 0 Å². The van der Waals surface area contributed by atoms with E-state index in [-0.39, 0.29) is 0 Å². The molecule has 0 saturated heterocycles. The van der Waals surface area contributed by atoms with E-state index in [1.165, 1.54) is 12.8 Å². The Hall–Kier alpha value is 0. The Labute approximate surface area is 86.1 Å². The van der Waals surface area contributed by atoms with Gasteiger partial charge < -0.3 is 0 Å². The van der Waals surface area contributed by atoms with E-state index in [9.17, 15) is 0 Å². The molecule has 82 valence electrons. The van der Waals surface area contributed by atoms with E-state index in [0.717, 1.165) is 11.8 Å². The first kappa shape index (κ1) is 15.5. The van der Waals surface area contributed by atoms with Crippen molar-refractivity contribution in [3.8, 4) is 0 Å². The molecular formula is C13H30. The summed E-state index contributed by atoms with van der Waals surface area (Å²) >= 11 is 0. The minimum absolute atomic E-state index is 0.638. The molecule has 0 N–H and O–H groups in total. The summed E-state index contributed by atoms with van der Waals surface area (Å²) in [6.07, 6.45) is 2.85. The van der Waals surface area contributed by atoms with E-state index < -0.39 is 0 Å². The van der Waals surface area contributed by atoms with Crippen LogP contribution in [0.1, 0.15) is 68.2 Å². The Morgan fingerprint density at radius 3 is 1.08 bits per heavy atom. The molecule has 0 spiro atoms. The number of hydrogen-bond donors (Lipinski definition) is 0. The lowest BCUT2D eigenvalue weighted by atomic mass is 9.91. The van der Waals surface area contributed by atoms with Crippen LogP contribution in [-0.2, 0) is 0 Å². The zero-order valence-corrected chi connectivity index (χ0v) is 11.1. The van der Waals surface area contributed by atoms with Crippen LogP contribution in [0.25, 0.3) is 0 Å². The molecule has 0 heteroatoms. The molecule has 1 aliphatic rings. The highest BCUT2D eigenvalue weighted by Gasteiger charge is 2.33. The van der Waals surface area contributed by atoms with Gasteiger partial charge in [0.25, 0.3) is 0 Å². The molecule has 0 aromatic heterocycles. The van der Waals surface area contributed by atoms with Crippen molar-refractivity contribution >= 4 is 0 Å². The van der Waals surface area contributed by atoms with Gasteiger partial charge in [0.15, 0.2) is 0 Å². The van der Waals surface area contributed by atoms with E-state index >= 15 is 0 Å². The van der Waals surface area contributed by atoms with Crippen LogP contribution in [0.4, 0.5) is 0 Å². The molecule has 0 aromatic rings. The Balaban J connectivity index is 0. The minimum atomic E-state index is 0.638. The van der Waals surface area contributed by atoms with Gasteiger partial charge in [0.05, 0.1) is 0 Å². The summed E-state index contributed by atoms with van der Waals surface area (Å²) < 4.78 is 0. The summed E-state index contributed by atoms with van der Waals surface area (Å²) in [5, 5.41) is 0. The predicted molar refractivity (Wildman–Crippen MR) is 64.0 cm³/mol. The van der Waals surface area contributed by atoms with Gasteiger partial charge in [0.1, 0.15) is 0 Å². The first-order chi connectivity index (χ1) is 6.01. The van der Waals surface area contributed by atoms with Gasteiger partial charge in [-0.15, -0.1) is 0 Å². The molecule has 0 radical (unpaired) electrons. The molecule has 1 saturated carbocycles. The molecule has 2 unspecified atom stereocenters. The van der Waals surface area contributed by atoms with Crippen molar-refractivity contribution < 1.29 is 0 Å². The van der Waals surface area contributed by atoms with E-state index in [0.29, 0.717) is 5.41 Å². The van der Waals surface area contributed by atoms with Crippen LogP contribution >= 0.6 is 0 Å². The van der Waals surface area contributed by atoms with E-state index in [2.05, 4.69) is 27.7 Å². The fraction of sp³-hybridized carbons (Fsp3) is 1.00. The molecule has 0 heterocycles. The molecule has 1 aliphatic carbocycles. The summed E-state index contributed by atoms with van der Waals surface area (Å²) in [6.45, 7) is 17.5. The van der Waals surface area contributed by atoms with Gasteiger partial charge in [-0.1, -0.05) is 55.4 Å². The highest BCUT2D eigenvalue weighted by Crippen LogP contribution is 2.44. The van der Waals surface area contributed by atoms with Gasteiger partial charge in [-0.3, -0.25) is 0 Å². The third kappa shape index (κ3) is 6.12. The molecule has 0 bridgehead atoms. The molecule has 13 heavy (non-hydrogen) atoms. The average molecular weight is 186 g/mol. The first-order valence-corrected chi connectivity index (χ1v) is 6.01. The van der Waals surface area contributed by atoms with Gasteiger partial charge in [0.2, 0.25) is 0 Å². The third-order valence-corrected chi connectivity index (χ3v) is 2.72. The molecule has 1 rings (SSSR count). The van der Waals surface area contributed by atoms with E-state index in [4.69, 9.17) is 0 Å². The minimum Gasteiger partial charge on any atom is -0.0683 e. The van der Waals surface area contributed by atoms with Gasteiger partial charge in [-0.25, -0.2) is 0 Å².